The highest BCUT2D eigenvalue weighted by Crippen LogP contribution is 2.30. The number of hydrogen-bond acceptors (Lipinski definition) is 9. The summed E-state index contributed by atoms with van der Waals surface area (Å²) >= 11 is 0. The second kappa shape index (κ2) is 7.95. The maximum Gasteiger partial charge on any atom is 0.263 e. The van der Waals surface area contributed by atoms with Crippen LogP contribution in [0.15, 0.2) is 65.7 Å². The summed E-state index contributed by atoms with van der Waals surface area (Å²) in [4.78, 5) is 12.9. The van der Waals surface area contributed by atoms with Crippen LogP contribution < -0.4 is 20.5 Å². The molecule has 0 atom stereocenters. The van der Waals surface area contributed by atoms with Gasteiger partial charge in [0.25, 0.3) is 10.0 Å². The highest BCUT2D eigenvalue weighted by molar-refractivity contribution is 7.92. The standard InChI is InChI=1S/C20H18N6O4S/c1-30-15-10-13(9-14(27)11-15)23-19-20(24-17-6-3-7-22-18(17)25-19)26-31(28,29)16-5-2-4-12(21)8-16/h2-11,27H,21H2,1H3,(H,24,26)(H,22,23,25). The number of hydrogen-bond donors (Lipinski definition) is 4. The molecule has 0 aliphatic rings. The molecule has 2 heterocycles. The first-order valence-corrected chi connectivity index (χ1v) is 10.5. The van der Waals surface area contributed by atoms with Crippen molar-refractivity contribution < 1.29 is 18.3 Å². The number of aromatic nitrogens is 3. The number of nitrogen functional groups attached to an aromatic ring is 1. The van der Waals surface area contributed by atoms with E-state index in [4.69, 9.17) is 10.5 Å². The van der Waals surface area contributed by atoms with Crippen LogP contribution >= 0.6 is 0 Å². The van der Waals surface area contributed by atoms with Crippen LogP contribution in [0.2, 0.25) is 0 Å². The third kappa shape index (κ3) is 4.41. The first-order valence-electron chi connectivity index (χ1n) is 9.00. The molecule has 11 heteroatoms. The molecule has 2 aromatic carbocycles. The monoisotopic (exact) mass is 438 g/mol. The minimum atomic E-state index is -4.01. The number of nitrogens with zero attached hydrogens (tertiary/aromatic N) is 3. The van der Waals surface area contributed by atoms with Gasteiger partial charge in [-0.05, 0) is 30.3 Å². The second-order valence-electron chi connectivity index (χ2n) is 6.49. The number of nitrogens with two attached hydrogens (primary N) is 1. The van der Waals surface area contributed by atoms with Gasteiger partial charge >= 0.3 is 0 Å². The summed E-state index contributed by atoms with van der Waals surface area (Å²) < 4.78 is 33.4. The van der Waals surface area contributed by atoms with Crippen LogP contribution in [-0.2, 0) is 10.0 Å². The molecule has 4 aromatic rings. The minimum Gasteiger partial charge on any atom is -0.508 e. The summed E-state index contributed by atoms with van der Waals surface area (Å²) in [6.07, 6.45) is 1.55. The highest BCUT2D eigenvalue weighted by Gasteiger charge is 2.20. The predicted octanol–water partition coefficient (Wildman–Crippen LogP) is 2.87. The number of pyridine rings is 1. The molecule has 0 unspecified atom stereocenters. The maximum absolute atomic E-state index is 12.9. The van der Waals surface area contributed by atoms with E-state index in [0.29, 0.717) is 28.3 Å². The molecule has 0 spiro atoms. The molecule has 5 N–H and O–H groups in total. The number of phenolic OH excluding ortho intramolecular Hbond substituents is 1. The zero-order valence-electron chi connectivity index (χ0n) is 16.3. The lowest BCUT2D eigenvalue weighted by atomic mass is 10.2. The third-order valence-electron chi connectivity index (χ3n) is 4.23. The Morgan fingerprint density at radius 2 is 1.87 bits per heavy atom. The van der Waals surface area contributed by atoms with E-state index in [1.54, 1.807) is 30.5 Å². The number of sulfonamides is 1. The Labute approximate surface area is 177 Å². The van der Waals surface area contributed by atoms with Crippen molar-refractivity contribution in [1.82, 2.24) is 15.0 Å². The Morgan fingerprint density at radius 1 is 1.03 bits per heavy atom. The maximum atomic E-state index is 12.9. The Bertz CT molecular complexity index is 1380. The van der Waals surface area contributed by atoms with Gasteiger partial charge in [0.2, 0.25) is 0 Å². The van der Waals surface area contributed by atoms with Crippen LogP contribution in [0, 0.1) is 0 Å². The number of methoxy groups -OCH3 is 1. The number of aromatic hydroxyl groups is 1. The Balaban J connectivity index is 1.79. The van der Waals surface area contributed by atoms with Crippen molar-refractivity contribution in [3.05, 3.63) is 60.8 Å². The van der Waals surface area contributed by atoms with Gasteiger partial charge in [-0.15, -0.1) is 0 Å². The van der Waals surface area contributed by atoms with Crippen molar-refractivity contribution in [3.8, 4) is 11.5 Å². The first-order chi connectivity index (χ1) is 14.8. The quantitative estimate of drug-likeness (QED) is 0.333. The second-order valence-corrected chi connectivity index (χ2v) is 8.17. The molecule has 4 rings (SSSR count). The van der Waals surface area contributed by atoms with E-state index in [1.807, 2.05) is 0 Å². The molecule has 0 radical (unpaired) electrons. The zero-order valence-corrected chi connectivity index (χ0v) is 17.1. The lowest BCUT2D eigenvalue weighted by molar-refractivity contribution is 0.408. The molecule has 31 heavy (non-hydrogen) atoms. The number of nitrogens with one attached hydrogen (secondary N) is 2. The zero-order chi connectivity index (χ0) is 22.0. The van der Waals surface area contributed by atoms with E-state index in [0.717, 1.165) is 0 Å². The molecule has 10 nitrogen and oxygen atoms in total. The molecule has 0 aliphatic heterocycles. The average molecular weight is 438 g/mol. The van der Waals surface area contributed by atoms with Crippen molar-refractivity contribution in [1.29, 1.82) is 0 Å². The molecule has 0 bridgehead atoms. The Kier molecular flexibility index (Phi) is 5.17. The average Bonchev–Trinajstić information content (AvgIpc) is 2.73. The Morgan fingerprint density at radius 3 is 2.65 bits per heavy atom. The fourth-order valence-electron chi connectivity index (χ4n) is 2.83. The van der Waals surface area contributed by atoms with Gasteiger partial charge in [-0.3, -0.25) is 4.72 Å². The number of ether oxygens (including phenoxy) is 1. The van der Waals surface area contributed by atoms with Crippen LogP contribution in [0.4, 0.5) is 23.0 Å². The molecule has 0 fully saturated rings. The van der Waals surface area contributed by atoms with Gasteiger partial charge < -0.3 is 20.9 Å². The first kappa shape index (κ1) is 20.2. The van der Waals surface area contributed by atoms with Crippen molar-refractivity contribution in [3.63, 3.8) is 0 Å². The summed E-state index contributed by atoms with van der Waals surface area (Å²) in [5.74, 6) is 0.392. The fourth-order valence-corrected chi connectivity index (χ4v) is 3.89. The van der Waals surface area contributed by atoms with Gasteiger partial charge in [-0.2, -0.15) is 0 Å². The van der Waals surface area contributed by atoms with Gasteiger partial charge in [-0.1, -0.05) is 6.07 Å². The van der Waals surface area contributed by atoms with Crippen molar-refractivity contribution in [2.24, 2.45) is 0 Å². The van der Waals surface area contributed by atoms with Gasteiger partial charge in [0, 0.05) is 35.8 Å². The summed E-state index contributed by atoms with van der Waals surface area (Å²) in [5.41, 5.74) is 7.14. The van der Waals surface area contributed by atoms with Gasteiger partial charge in [0.1, 0.15) is 17.0 Å². The summed E-state index contributed by atoms with van der Waals surface area (Å²) in [6.45, 7) is 0. The molecule has 0 saturated carbocycles. The van der Waals surface area contributed by atoms with E-state index in [1.165, 1.54) is 37.4 Å². The summed E-state index contributed by atoms with van der Waals surface area (Å²) in [6, 6.07) is 13.7. The van der Waals surface area contributed by atoms with E-state index in [-0.39, 0.29) is 22.3 Å². The molecule has 2 aromatic heterocycles. The fraction of sp³-hybridized carbons (Fsp3) is 0.0500. The number of rotatable bonds is 6. The summed E-state index contributed by atoms with van der Waals surface area (Å²) in [7, 11) is -2.55. The minimum absolute atomic E-state index is 0.0226. The molecule has 0 aliphatic carbocycles. The van der Waals surface area contributed by atoms with Crippen LogP contribution in [0.1, 0.15) is 0 Å². The molecule has 0 saturated heterocycles. The number of anilines is 4. The lowest BCUT2D eigenvalue weighted by Gasteiger charge is -2.14. The van der Waals surface area contributed by atoms with Crippen LogP contribution in [0.3, 0.4) is 0 Å². The molecule has 0 amide bonds. The van der Waals surface area contributed by atoms with Gasteiger partial charge in [-0.25, -0.2) is 23.4 Å². The van der Waals surface area contributed by atoms with E-state index in [2.05, 4.69) is 25.0 Å². The van der Waals surface area contributed by atoms with Gasteiger partial charge in [0.15, 0.2) is 17.3 Å². The number of phenols is 1. The van der Waals surface area contributed by atoms with E-state index < -0.39 is 10.0 Å². The normalized spacial score (nSPS) is 11.3. The third-order valence-corrected chi connectivity index (χ3v) is 5.57. The smallest absolute Gasteiger partial charge is 0.263 e. The molecular weight excluding hydrogens is 420 g/mol. The van der Waals surface area contributed by atoms with Crippen molar-refractivity contribution >= 4 is 44.2 Å². The van der Waals surface area contributed by atoms with Crippen LogP contribution in [0.25, 0.3) is 11.2 Å². The number of fused-ring (bicyclic) bond motifs is 1. The number of benzene rings is 2. The van der Waals surface area contributed by atoms with Crippen LogP contribution in [0.5, 0.6) is 11.5 Å². The predicted molar refractivity (Wildman–Crippen MR) is 117 cm³/mol. The molecule has 158 valence electrons. The van der Waals surface area contributed by atoms with Crippen molar-refractivity contribution in [2.75, 3.05) is 22.9 Å². The largest absolute Gasteiger partial charge is 0.508 e. The van der Waals surface area contributed by atoms with Crippen molar-refractivity contribution in [2.45, 2.75) is 4.90 Å². The van der Waals surface area contributed by atoms with Crippen LogP contribution in [-0.4, -0.2) is 35.6 Å². The van der Waals surface area contributed by atoms with Gasteiger partial charge in [0.05, 0.1) is 12.0 Å². The highest BCUT2D eigenvalue weighted by atomic mass is 32.2. The summed E-state index contributed by atoms with van der Waals surface area (Å²) in [5, 5.41) is 12.9. The lowest BCUT2D eigenvalue weighted by Crippen LogP contribution is -2.16. The van der Waals surface area contributed by atoms with E-state index >= 15 is 0 Å². The SMILES string of the molecule is COc1cc(O)cc(Nc2nc3ncccc3nc2NS(=O)(=O)c2cccc(N)c2)c1. The topological polar surface area (TPSA) is 152 Å². The Hall–Kier alpha value is -4.12. The molecular formula is C20H18N6O4S. The van der Waals surface area contributed by atoms with E-state index in [9.17, 15) is 13.5 Å².